The summed E-state index contributed by atoms with van der Waals surface area (Å²) < 4.78 is 0. The van der Waals surface area contributed by atoms with Crippen molar-refractivity contribution in [1.29, 1.82) is 0 Å². The van der Waals surface area contributed by atoms with E-state index in [9.17, 15) is 9.59 Å². The van der Waals surface area contributed by atoms with Crippen molar-refractivity contribution in [3.63, 3.8) is 0 Å². The average Bonchev–Trinajstić information content (AvgIpc) is 2.83. The number of hydrogen-bond acceptors (Lipinski definition) is 2. The third-order valence-corrected chi connectivity index (χ3v) is 6.45. The smallest absolute Gasteiger partial charge is 0.243 e. The number of nitrogens with zero attached hydrogens (tertiary/aromatic N) is 1. The number of nitrogens with one attached hydrogen (secondary N) is 1. The Hall–Kier alpha value is -2.82. The SMILES string of the molecule is CCNC(=O)[C@@H](Cc1ccccc1)N(Cc1ccc(Cl)c(Cl)c1)C(=O)CCc1ccc(C)cc1. The van der Waals surface area contributed by atoms with Crippen LogP contribution in [0, 0.1) is 6.92 Å². The first-order valence-electron chi connectivity index (χ1n) is 11.5. The van der Waals surface area contributed by atoms with Crippen molar-refractivity contribution in [2.45, 2.75) is 45.7 Å². The monoisotopic (exact) mass is 496 g/mol. The van der Waals surface area contributed by atoms with Crippen LogP contribution in [-0.4, -0.2) is 29.3 Å². The first kappa shape index (κ1) is 25.8. The van der Waals surface area contributed by atoms with Gasteiger partial charge in [0.25, 0.3) is 0 Å². The molecule has 0 saturated heterocycles. The molecule has 0 fully saturated rings. The molecular formula is C28H30Cl2N2O2. The number of carbonyl (C=O) groups excluding carboxylic acids is 2. The second kappa shape index (κ2) is 12.6. The quantitative estimate of drug-likeness (QED) is 0.373. The van der Waals surface area contributed by atoms with Crippen molar-refractivity contribution in [3.8, 4) is 0 Å². The maximum absolute atomic E-state index is 13.6. The van der Waals surface area contributed by atoms with Crippen molar-refractivity contribution in [3.05, 3.63) is 105 Å². The highest BCUT2D eigenvalue weighted by Gasteiger charge is 2.30. The highest BCUT2D eigenvalue weighted by molar-refractivity contribution is 6.42. The van der Waals surface area contributed by atoms with Crippen LogP contribution in [0.3, 0.4) is 0 Å². The normalized spacial score (nSPS) is 11.6. The van der Waals surface area contributed by atoms with Gasteiger partial charge in [0.1, 0.15) is 6.04 Å². The maximum atomic E-state index is 13.6. The van der Waals surface area contributed by atoms with Crippen molar-refractivity contribution in [2.24, 2.45) is 0 Å². The van der Waals surface area contributed by atoms with Gasteiger partial charge in [-0.2, -0.15) is 0 Å². The first-order chi connectivity index (χ1) is 16.4. The van der Waals surface area contributed by atoms with Crippen LogP contribution < -0.4 is 5.32 Å². The first-order valence-corrected chi connectivity index (χ1v) is 12.2. The third kappa shape index (κ3) is 7.34. The molecule has 6 heteroatoms. The van der Waals surface area contributed by atoms with Crippen molar-refractivity contribution < 1.29 is 9.59 Å². The van der Waals surface area contributed by atoms with Crippen LogP contribution in [0.5, 0.6) is 0 Å². The highest BCUT2D eigenvalue weighted by Crippen LogP contribution is 2.24. The van der Waals surface area contributed by atoms with Gasteiger partial charge in [-0.15, -0.1) is 0 Å². The fraction of sp³-hybridized carbons (Fsp3) is 0.286. The summed E-state index contributed by atoms with van der Waals surface area (Å²) in [6.45, 7) is 4.66. The number of benzene rings is 3. The summed E-state index contributed by atoms with van der Waals surface area (Å²) in [5.41, 5.74) is 4.08. The maximum Gasteiger partial charge on any atom is 0.243 e. The van der Waals surface area contributed by atoms with Gasteiger partial charge in [0.15, 0.2) is 0 Å². The molecule has 4 nitrogen and oxygen atoms in total. The number of likely N-dealkylation sites (N-methyl/N-ethyl adjacent to an activating group) is 1. The van der Waals surface area contributed by atoms with Crippen LogP contribution in [0.2, 0.25) is 10.0 Å². The number of aryl methyl sites for hydroxylation is 2. The predicted molar refractivity (Wildman–Crippen MR) is 139 cm³/mol. The lowest BCUT2D eigenvalue weighted by Gasteiger charge is -2.31. The number of amides is 2. The van der Waals surface area contributed by atoms with Crippen LogP contribution in [0.1, 0.15) is 35.6 Å². The summed E-state index contributed by atoms with van der Waals surface area (Å²) in [4.78, 5) is 28.4. The zero-order valence-corrected chi connectivity index (χ0v) is 21.1. The zero-order chi connectivity index (χ0) is 24.5. The fourth-order valence-electron chi connectivity index (χ4n) is 3.83. The Morgan fingerprint density at radius 1 is 0.882 bits per heavy atom. The lowest BCUT2D eigenvalue weighted by Crippen LogP contribution is -2.50. The molecule has 0 heterocycles. The Labute approximate surface area is 211 Å². The third-order valence-electron chi connectivity index (χ3n) is 5.71. The number of rotatable bonds is 10. The van der Waals surface area contributed by atoms with E-state index in [1.807, 2.05) is 74.5 Å². The second-order valence-electron chi connectivity index (χ2n) is 8.36. The molecule has 34 heavy (non-hydrogen) atoms. The van der Waals surface area contributed by atoms with Crippen molar-refractivity contribution >= 4 is 35.0 Å². The second-order valence-corrected chi connectivity index (χ2v) is 9.17. The minimum Gasteiger partial charge on any atom is -0.355 e. The fourth-order valence-corrected chi connectivity index (χ4v) is 4.15. The Bertz CT molecular complexity index is 1100. The van der Waals surface area contributed by atoms with Gasteiger partial charge in [-0.05, 0) is 49.1 Å². The summed E-state index contributed by atoms with van der Waals surface area (Å²) in [7, 11) is 0. The summed E-state index contributed by atoms with van der Waals surface area (Å²) in [6, 6.07) is 22.6. The molecular weight excluding hydrogens is 467 g/mol. The lowest BCUT2D eigenvalue weighted by atomic mass is 10.0. The molecule has 2 amide bonds. The van der Waals surface area contributed by atoms with Gasteiger partial charge in [0.2, 0.25) is 11.8 Å². The van der Waals surface area contributed by atoms with Gasteiger partial charge in [-0.25, -0.2) is 0 Å². The van der Waals surface area contributed by atoms with Crippen LogP contribution >= 0.6 is 23.2 Å². The van der Waals surface area contributed by atoms with E-state index >= 15 is 0 Å². The molecule has 0 aliphatic heterocycles. The van der Waals surface area contributed by atoms with Crippen LogP contribution in [0.25, 0.3) is 0 Å². The molecule has 0 aromatic heterocycles. The van der Waals surface area contributed by atoms with Crippen LogP contribution in [-0.2, 0) is 29.0 Å². The molecule has 1 N–H and O–H groups in total. The van der Waals surface area contributed by atoms with E-state index in [1.54, 1.807) is 17.0 Å². The van der Waals surface area contributed by atoms with E-state index in [0.29, 0.717) is 35.9 Å². The van der Waals surface area contributed by atoms with Gasteiger partial charge in [-0.3, -0.25) is 9.59 Å². The number of carbonyl (C=O) groups is 2. The van der Waals surface area contributed by atoms with E-state index in [-0.39, 0.29) is 18.4 Å². The standard InChI is InChI=1S/C28H30Cl2N2O2/c1-3-31-28(34)26(18-22-7-5-4-6-8-22)32(19-23-13-15-24(29)25(30)17-23)27(33)16-14-21-11-9-20(2)10-12-21/h4-13,15,17,26H,3,14,16,18-19H2,1-2H3,(H,31,34)/t26-/m1/s1. The highest BCUT2D eigenvalue weighted by atomic mass is 35.5. The topological polar surface area (TPSA) is 49.4 Å². The Balaban J connectivity index is 1.90. The van der Waals surface area contributed by atoms with Gasteiger partial charge in [0.05, 0.1) is 10.0 Å². The lowest BCUT2D eigenvalue weighted by molar-refractivity contribution is -0.141. The van der Waals surface area contributed by atoms with E-state index in [4.69, 9.17) is 23.2 Å². The summed E-state index contributed by atoms with van der Waals surface area (Å²) in [6.07, 6.45) is 1.32. The number of halogens is 2. The zero-order valence-electron chi connectivity index (χ0n) is 19.6. The van der Waals surface area contributed by atoms with Crippen molar-refractivity contribution in [2.75, 3.05) is 6.54 Å². The van der Waals surface area contributed by atoms with E-state index < -0.39 is 6.04 Å². The minimum atomic E-state index is -0.651. The summed E-state index contributed by atoms with van der Waals surface area (Å²) in [5.74, 6) is -0.256. The van der Waals surface area contributed by atoms with Gasteiger partial charge < -0.3 is 10.2 Å². The summed E-state index contributed by atoms with van der Waals surface area (Å²) >= 11 is 12.3. The molecule has 0 bridgehead atoms. The molecule has 1 atom stereocenters. The van der Waals surface area contributed by atoms with E-state index in [2.05, 4.69) is 5.32 Å². The molecule has 0 aliphatic carbocycles. The molecule has 0 radical (unpaired) electrons. The van der Waals surface area contributed by atoms with Crippen LogP contribution in [0.4, 0.5) is 0 Å². The minimum absolute atomic E-state index is 0.0844. The Morgan fingerprint density at radius 3 is 2.21 bits per heavy atom. The van der Waals surface area contributed by atoms with E-state index in [0.717, 1.165) is 16.7 Å². The molecule has 3 aromatic carbocycles. The molecule has 0 aliphatic rings. The number of hydrogen-bond donors (Lipinski definition) is 1. The molecule has 178 valence electrons. The predicted octanol–water partition coefficient (Wildman–Crippen LogP) is 6.01. The van der Waals surface area contributed by atoms with Gasteiger partial charge in [-0.1, -0.05) is 89.4 Å². The molecule has 0 spiro atoms. The Kier molecular flexibility index (Phi) is 9.55. The molecule has 3 rings (SSSR count). The van der Waals surface area contributed by atoms with Gasteiger partial charge in [0, 0.05) is 25.9 Å². The molecule has 0 unspecified atom stereocenters. The van der Waals surface area contributed by atoms with Crippen LogP contribution in [0.15, 0.2) is 72.8 Å². The van der Waals surface area contributed by atoms with Crippen molar-refractivity contribution in [1.82, 2.24) is 10.2 Å². The summed E-state index contributed by atoms with van der Waals surface area (Å²) in [5, 5.41) is 3.78. The van der Waals surface area contributed by atoms with Gasteiger partial charge >= 0.3 is 0 Å². The average molecular weight is 497 g/mol. The molecule has 0 saturated carbocycles. The molecule has 3 aromatic rings. The largest absolute Gasteiger partial charge is 0.355 e. The van der Waals surface area contributed by atoms with E-state index in [1.165, 1.54) is 5.56 Å². The Morgan fingerprint density at radius 2 is 1.56 bits per heavy atom.